The van der Waals surface area contributed by atoms with Crippen molar-refractivity contribution in [1.82, 2.24) is 10.2 Å². The molecule has 2 N–H and O–H groups in total. The highest BCUT2D eigenvalue weighted by Gasteiger charge is 2.29. The number of piperazine rings is 1. The van der Waals surface area contributed by atoms with Gasteiger partial charge in [-0.3, -0.25) is 9.59 Å². The molecule has 2 atom stereocenters. The molecule has 7 heteroatoms. The fraction of sp³-hybridized carbons (Fsp3) is 0.364. The van der Waals surface area contributed by atoms with Crippen molar-refractivity contribution in [2.45, 2.75) is 18.9 Å². The van der Waals surface area contributed by atoms with E-state index < -0.39 is 18.6 Å². The molecule has 0 radical (unpaired) electrons. The minimum atomic E-state index is -0.967. The SMILES string of the molecule is CC(C(=O)NC(CO)C(=O)N1CCN(c2ccc(F)cc2)CC1)c1ccccc1. The fourth-order valence-corrected chi connectivity index (χ4v) is 3.43. The van der Waals surface area contributed by atoms with Crippen LogP contribution >= 0.6 is 0 Å². The molecule has 3 rings (SSSR count). The highest BCUT2D eigenvalue weighted by atomic mass is 19.1. The largest absolute Gasteiger partial charge is 0.394 e. The Morgan fingerprint density at radius 3 is 2.24 bits per heavy atom. The molecule has 1 aliphatic rings. The molecule has 0 saturated carbocycles. The number of aliphatic hydroxyl groups excluding tert-OH is 1. The summed E-state index contributed by atoms with van der Waals surface area (Å²) in [6.45, 7) is 3.46. The van der Waals surface area contributed by atoms with Crippen molar-refractivity contribution in [2.75, 3.05) is 37.7 Å². The predicted octanol–water partition coefficient (Wildman–Crippen LogP) is 1.76. The molecular formula is C22H26FN3O3. The third-order valence-corrected chi connectivity index (χ3v) is 5.27. The van der Waals surface area contributed by atoms with E-state index in [-0.39, 0.29) is 17.6 Å². The highest BCUT2D eigenvalue weighted by Crippen LogP contribution is 2.18. The Balaban J connectivity index is 1.56. The van der Waals surface area contributed by atoms with Crippen molar-refractivity contribution < 1.29 is 19.1 Å². The number of aliphatic hydroxyl groups is 1. The van der Waals surface area contributed by atoms with Crippen molar-refractivity contribution in [3.05, 3.63) is 66.0 Å². The summed E-state index contributed by atoms with van der Waals surface area (Å²) >= 11 is 0. The van der Waals surface area contributed by atoms with E-state index in [4.69, 9.17) is 0 Å². The summed E-state index contributed by atoms with van der Waals surface area (Å²) in [7, 11) is 0. The number of nitrogens with zero attached hydrogens (tertiary/aromatic N) is 2. The van der Waals surface area contributed by atoms with Crippen molar-refractivity contribution in [3.8, 4) is 0 Å². The first-order valence-corrected chi connectivity index (χ1v) is 9.75. The van der Waals surface area contributed by atoms with Gasteiger partial charge in [0.2, 0.25) is 11.8 Å². The number of benzene rings is 2. The molecule has 1 saturated heterocycles. The van der Waals surface area contributed by atoms with E-state index in [1.54, 1.807) is 24.0 Å². The van der Waals surface area contributed by atoms with Crippen LogP contribution in [0.2, 0.25) is 0 Å². The minimum absolute atomic E-state index is 0.283. The van der Waals surface area contributed by atoms with Gasteiger partial charge < -0.3 is 20.2 Å². The summed E-state index contributed by atoms with van der Waals surface area (Å²) in [6, 6.07) is 14.6. The third kappa shape index (κ3) is 5.12. The second kappa shape index (κ2) is 9.52. The summed E-state index contributed by atoms with van der Waals surface area (Å²) in [5.41, 5.74) is 1.75. The highest BCUT2D eigenvalue weighted by molar-refractivity contribution is 5.90. The molecule has 2 unspecified atom stereocenters. The zero-order chi connectivity index (χ0) is 20.8. The smallest absolute Gasteiger partial charge is 0.247 e. The van der Waals surface area contributed by atoms with Gasteiger partial charge in [0.05, 0.1) is 12.5 Å². The number of carbonyl (C=O) groups is 2. The van der Waals surface area contributed by atoms with Crippen molar-refractivity contribution in [2.24, 2.45) is 0 Å². The molecular weight excluding hydrogens is 373 g/mol. The molecule has 0 bridgehead atoms. The van der Waals surface area contributed by atoms with E-state index in [2.05, 4.69) is 10.2 Å². The molecule has 0 spiro atoms. The Bertz CT molecular complexity index is 821. The molecule has 29 heavy (non-hydrogen) atoms. The van der Waals surface area contributed by atoms with Gasteiger partial charge in [0.25, 0.3) is 0 Å². The molecule has 0 aliphatic carbocycles. The second-order valence-electron chi connectivity index (χ2n) is 7.16. The molecule has 1 aliphatic heterocycles. The Morgan fingerprint density at radius 2 is 1.66 bits per heavy atom. The van der Waals surface area contributed by atoms with Gasteiger partial charge in [-0.2, -0.15) is 0 Å². The van der Waals surface area contributed by atoms with Gasteiger partial charge in [0, 0.05) is 31.9 Å². The maximum absolute atomic E-state index is 13.1. The molecule has 6 nitrogen and oxygen atoms in total. The zero-order valence-electron chi connectivity index (χ0n) is 16.4. The number of hydrogen-bond acceptors (Lipinski definition) is 4. The summed E-state index contributed by atoms with van der Waals surface area (Å²) in [6.07, 6.45) is 0. The number of halogens is 1. The topological polar surface area (TPSA) is 72.9 Å². The standard InChI is InChI=1S/C22H26FN3O3/c1-16(17-5-3-2-4-6-17)21(28)24-20(15-27)22(29)26-13-11-25(12-14-26)19-9-7-18(23)8-10-19/h2-10,16,20,27H,11-15H2,1H3,(H,24,28). The van der Waals surface area contributed by atoms with E-state index in [9.17, 15) is 19.1 Å². The quantitative estimate of drug-likeness (QED) is 0.776. The van der Waals surface area contributed by atoms with Crippen LogP contribution in [0.25, 0.3) is 0 Å². The summed E-state index contributed by atoms with van der Waals surface area (Å²) in [5.74, 6) is -1.30. The summed E-state index contributed by atoms with van der Waals surface area (Å²) < 4.78 is 13.1. The maximum atomic E-state index is 13.1. The third-order valence-electron chi connectivity index (χ3n) is 5.27. The van der Waals surface area contributed by atoms with Crippen LogP contribution in [-0.2, 0) is 9.59 Å². The van der Waals surface area contributed by atoms with Crippen LogP contribution in [0.3, 0.4) is 0 Å². The van der Waals surface area contributed by atoms with Gasteiger partial charge in [0.1, 0.15) is 11.9 Å². The lowest BCUT2D eigenvalue weighted by Gasteiger charge is -2.37. The van der Waals surface area contributed by atoms with Crippen molar-refractivity contribution in [3.63, 3.8) is 0 Å². The van der Waals surface area contributed by atoms with Crippen LogP contribution in [0.1, 0.15) is 18.4 Å². The monoisotopic (exact) mass is 399 g/mol. The second-order valence-corrected chi connectivity index (χ2v) is 7.16. The van der Waals surface area contributed by atoms with Crippen LogP contribution in [0.15, 0.2) is 54.6 Å². The summed E-state index contributed by atoms with van der Waals surface area (Å²) in [4.78, 5) is 29.1. The molecule has 1 fully saturated rings. The van der Waals surface area contributed by atoms with E-state index >= 15 is 0 Å². The predicted molar refractivity (Wildman–Crippen MR) is 109 cm³/mol. The Labute approximate surface area is 169 Å². The average molecular weight is 399 g/mol. The van der Waals surface area contributed by atoms with Crippen LogP contribution in [0.5, 0.6) is 0 Å². The van der Waals surface area contributed by atoms with E-state index in [1.807, 2.05) is 30.3 Å². The minimum Gasteiger partial charge on any atom is -0.394 e. The lowest BCUT2D eigenvalue weighted by atomic mass is 10.00. The van der Waals surface area contributed by atoms with Gasteiger partial charge in [-0.1, -0.05) is 30.3 Å². The number of anilines is 1. The van der Waals surface area contributed by atoms with Crippen molar-refractivity contribution in [1.29, 1.82) is 0 Å². The van der Waals surface area contributed by atoms with Crippen LogP contribution in [0, 0.1) is 5.82 Å². The number of nitrogens with one attached hydrogen (secondary N) is 1. The first-order valence-electron chi connectivity index (χ1n) is 9.75. The first kappa shape index (κ1) is 20.8. The zero-order valence-corrected chi connectivity index (χ0v) is 16.4. The average Bonchev–Trinajstić information content (AvgIpc) is 2.77. The first-order chi connectivity index (χ1) is 14.0. The van der Waals surface area contributed by atoms with Crippen LogP contribution < -0.4 is 10.2 Å². The lowest BCUT2D eigenvalue weighted by Crippen LogP contribution is -2.56. The van der Waals surface area contributed by atoms with Crippen LogP contribution in [-0.4, -0.2) is 60.6 Å². The molecule has 154 valence electrons. The normalized spacial score (nSPS) is 16.2. The van der Waals surface area contributed by atoms with Gasteiger partial charge in [0.15, 0.2) is 0 Å². The van der Waals surface area contributed by atoms with Gasteiger partial charge in [-0.25, -0.2) is 4.39 Å². The number of hydrogen-bond donors (Lipinski definition) is 2. The van der Waals surface area contributed by atoms with E-state index in [1.165, 1.54) is 12.1 Å². The Morgan fingerprint density at radius 1 is 1.03 bits per heavy atom. The molecule has 2 aromatic carbocycles. The van der Waals surface area contributed by atoms with E-state index in [0.717, 1.165) is 11.3 Å². The van der Waals surface area contributed by atoms with E-state index in [0.29, 0.717) is 26.2 Å². The number of rotatable bonds is 6. The van der Waals surface area contributed by atoms with Crippen LogP contribution in [0.4, 0.5) is 10.1 Å². The van der Waals surface area contributed by atoms with Gasteiger partial charge in [-0.15, -0.1) is 0 Å². The summed E-state index contributed by atoms with van der Waals surface area (Å²) in [5, 5.41) is 12.4. The molecule has 2 aromatic rings. The van der Waals surface area contributed by atoms with Crippen molar-refractivity contribution >= 4 is 17.5 Å². The number of amides is 2. The lowest BCUT2D eigenvalue weighted by molar-refractivity contribution is -0.138. The van der Waals surface area contributed by atoms with Gasteiger partial charge in [-0.05, 0) is 36.8 Å². The molecule has 0 aromatic heterocycles. The molecule has 1 heterocycles. The Kier molecular flexibility index (Phi) is 6.82. The fourth-order valence-electron chi connectivity index (χ4n) is 3.43. The van der Waals surface area contributed by atoms with Gasteiger partial charge >= 0.3 is 0 Å². The molecule has 2 amide bonds. The number of carbonyl (C=O) groups excluding carboxylic acids is 2. The maximum Gasteiger partial charge on any atom is 0.247 e. The Hall–Kier alpha value is -2.93.